The van der Waals surface area contributed by atoms with Crippen LogP contribution in [0.4, 0.5) is 0 Å². The number of aromatic nitrogens is 2. The molecule has 1 aromatic carbocycles. The van der Waals surface area contributed by atoms with Crippen molar-refractivity contribution in [2.45, 2.75) is 39.3 Å². The summed E-state index contributed by atoms with van der Waals surface area (Å²) in [4.78, 5) is 8.55. The van der Waals surface area contributed by atoms with Gasteiger partial charge in [0.2, 0.25) is 5.89 Å². The Kier molecular flexibility index (Phi) is 9.57. The lowest BCUT2D eigenvalue weighted by Crippen LogP contribution is -2.38. The molecule has 0 aliphatic heterocycles. The second-order valence-corrected chi connectivity index (χ2v) is 6.66. The van der Waals surface area contributed by atoms with Gasteiger partial charge in [-0.2, -0.15) is 4.98 Å². The van der Waals surface area contributed by atoms with Gasteiger partial charge < -0.3 is 19.9 Å². The molecule has 26 heavy (non-hydrogen) atoms. The standard InChI is InChI=1S/C18H27N5O2.HI/c1-18(2,3)16-22-15(23-25-16)12-21-17(19-4)20-10-11-24-13-14-8-6-5-7-9-14;/h5-9H,10-13H2,1-4H3,(H2,19,20,21);1H. The Balaban J connectivity index is 0.00000338. The van der Waals surface area contributed by atoms with Gasteiger partial charge in [0.1, 0.15) is 0 Å². The summed E-state index contributed by atoms with van der Waals surface area (Å²) in [6.07, 6.45) is 0. The zero-order valence-corrected chi connectivity index (χ0v) is 18.1. The second kappa shape index (κ2) is 11.1. The topological polar surface area (TPSA) is 84.6 Å². The Morgan fingerprint density at radius 2 is 1.92 bits per heavy atom. The summed E-state index contributed by atoms with van der Waals surface area (Å²) in [6.45, 7) is 8.41. The number of halogens is 1. The van der Waals surface area contributed by atoms with E-state index in [1.807, 2.05) is 51.1 Å². The molecular weight excluding hydrogens is 445 g/mol. The van der Waals surface area contributed by atoms with E-state index in [1.54, 1.807) is 7.05 Å². The van der Waals surface area contributed by atoms with Crippen molar-refractivity contribution in [3.8, 4) is 0 Å². The van der Waals surface area contributed by atoms with Gasteiger partial charge in [0.05, 0.1) is 19.8 Å². The number of aliphatic imine (C=N–C) groups is 1. The summed E-state index contributed by atoms with van der Waals surface area (Å²) in [5.41, 5.74) is 1.01. The average molecular weight is 473 g/mol. The van der Waals surface area contributed by atoms with E-state index in [4.69, 9.17) is 9.26 Å². The smallest absolute Gasteiger partial charge is 0.232 e. The Hall–Kier alpha value is -1.68. The quantitative estimate of drug-likeness (QED) is 0.279. The van der Waals surface area contributed by atoms with Crippen LogP contribution in [-0.4, -0.2) is 36.3 Å². The van der Waals surface area contributed by atoms with E-state index in [0.29, 0.717) is 44.0 Å². The van der Waals surface area contributed by atoms with Crippen LogP contribution in [0.15, 0.2) is 39.8 Å². The maximum absolute atomic E-state index is 5.63. The molecule has 0 atom stereocenters. The normalized spacial score (nSPS) is 11.8. The number of ether oxygens (including phenoxy) is 1. The molecule has 1 aromatic heterocycles. The maximum atomic E-state index is 5.63. The zero-order valence-electron chi connectivity index (χ0n) is 15.8. The van der Waals surface area contributed by atoms with Gasteiger partial charge in [-0.3, -0.25) is 4.99 Å². The lowest BCUT2D eigenvalue weighted by Gasteiger charge is -2.11. The van der Waals surface area contributed by atoms with E-state index in [9.17, 15) is 0 Å². The highest BCUT2D eigenvalue weighted by Crippen LogP contribution is 2.19. The van der Waals surface area contributed by atoms with Crippen molar-refractivity contribution >= 4 is 29.9 Å². The number of benzene rings is 1. The molecule has 7 nitrogen and oxygen atoms in total. The van der Waals surface area contributed by atoms with Crippen LogP contribution in [0, 0.1) is 0 Å². The molecule has 0 unspecified atom stereocenters. The molecule has 0 aliphatic rings. The minimum absolute atomic E-state index is 0. The first-order valence-electron chi connectivity index (χ1n) is 8.38. The van der Waals surface area contributed by atoms with Crippen LogP contribution in [0.2, 0.25) is 0 Å². The van der Waals surface area contributed by atoms with Gasteiger partial charge in [0.15, 0.2) is 11.8 Å². The second-order valence-electron chi connectivity index (χ2n) is 6.66. The van der Waals surface area contributed by atoms with Crippen LogP contribution >= 0.6 is 24.0 Å². The van der Waals surface area contributed by atoms with Gasteiger partial charge in [-0.05, 0) is 5.56 Å². The van der Waals surface area contributed by atoms with Gasteiger partial charge in [0, 0.05) is 19.0 Å². The summed E-state index contributed by atoms with van der Waals surface area (Å²) in [6, 6.07) is 10.1. The monoisotopic (exact) mass is 473 g/mol. The highest BCUT2D eigenvalue weighted by Gasteiger charge is 2.21. The molecular formula is C18H28IN5O2. The molecule has 0 saturated heterocycles. The molecule has 0 amide bonds. The molecule has 0 radical (unpaired) electrons. The molecule has 0 saturated carbocycles. The number of nitrogens with zero attached hydrogens (tertiary/aromatic N) is 3. The molecule has 1 heterocycles. The molecule has 2 N–H and O–H groups in total. The Bertz CT molecular complexity index is 668. The largest absolute Gasteiger partial charge is 0.375 e. The fourth-order valence-corrected chi connectivity index (χ4v) is 2.02. The highest BCUT2D eigenvalue weighted by molar-refractivity contribution is 14.0. The van der Waals surface area contributed by atoms with Crippen LogP contribution in [0.1, 0.15) is 38.0 Å². The van der Waals surface area contributed by atoms with Gasteiger partial charge in [-0.15, -0.1) is 24.0 Å². The number of guanidine groups is 1. The average Bonchev–Trinajstić information content (AvgIpc) is 3.07. The first kappa shape index (κ1) is 22.4. The molecule has 144 valence electrons. The molecule has 8 heteroatoms. The van der Waals surface area contributed by atoms with Crippen LogP contribution in [-0.2, 0) is 23.3 Å². The summed E-state index contributed by atoms with van der Waals surface area (Å²) >= 11 is 0. The summed E-state index contributed by atoms with van der Waals surface area (Å²) in [7, 11) is 1.72. The van der Waals surface area contributed by atoms with Gasteiger partial charge in [-0.25, -0.2) is 0 Å². The molecule has 0 bridgehead atoms. The first-order valence-corrected chi connectivity index (χ1v) is 8.38. The minimum atomic E-state index is -0.152. The summed E-state index contributed by atoms with van der Waals surface area (Å²) in [5, 5.41) is 10.3. The van der Waals surface area contributed by atoms with E-state index in [1.165, 1.54) is 0 Å². The Morgan fingerprint density at radius 3 is 2.54 bits per heavy atom. The van der Waals surface area contributed by atoms with Crippen molar-refractivity contribution < 1.29 is 9.26 Å². The van der Waals surface area contributed by atoms with Crippen molar-refractivity contribution in [2.75, 3.05) is 20.2 Å². The zero-order chi connectivity index (χ0) is 18.1. The van der Waals surface area contributed by atoms with E-state index in [0.717, 1.165) is 5.56 Å². The summed E-state index contributed by atoms with van der Waals surface area (Å²) < 4.78 is 10.9. The third-order valence-electron chi connectivity index (χ3n) is 3.40. The third kappa shape index (κ3) is 7.69. The Morgan fingerprint density at radius 1 is 1.19 bits per heavy atom. The Labute approximate surface area is 172 Å². The third-order valence-corrected chi connectivity index (χ3v) is 3.40. The molecule has 0 spiro atoms. The molecule has 2 aromatic rings. The van der Waals surface area contributed by atoms with Crippen molar-refractivity contribution in [1.29, 1.82) is 0 Å². The predicted octanol–water partition coefficient (Wildman–Crippen LogP) is 2.87. The first-order chi connectivity index (χ1) is 12.0. The lowest BCUT2D eigenvalue weighted by atomic mass is 9.97. The van der Waals surface area contributed by atoms with E-state index < -0.39 is 0 Å². The number of rotatable bonds is 7. The number of nitrogens with one attached hydrogen (secondary N) is 2. The van der Waals surface area contributed by atoms with Crippen LogP contribution < -0.4 is 10.6 Å². The molecule has 0 fully saturated rings. The molecule has 2 rings (SSSR count). The maximum Gasteiger partial charge on any atom is 0.232 e. The summed E-state index contributed by atoms with van der Waals surface area (Å²) in [5.74, 6) is 1.90. The number of hydrogen-bond donors (Lipinski definition) is 2. The number of hydrogen-bond acceptors (Lipinski definition) is 5. The van der Waals surface area contributed by atoms with Crippen LogP contribution in [0.3, 0.4) is 0 Å². The van der Waals surface area contributed by atoms with Crippen LogP contribution in [0.25, 0.3) is 0 Å². The van der Waals surface area contributed by atoms with E-state index >= 15 is 0 Å². The van der Waals surface area contributed by atoms with E-state index in [2.05, 4.69) is 25.8 Å². The van der Waals surface area contributed by atoms with Crippen LogP contribution in [0.5, 0.6) is 0 Å². The fourth-order valence-electron chi connectivity index (χ4n) is 2.02. The van der Waals surface area contributed by atoms with Crippen molar-refractivity contribution in [1.82, 2.24) is 20.8 Å². The lowest BCUT2D eigenvalue weighted by molar-refractivity contribution is 0.125. The minimum Gasteiger partial charge on any atom is -0.375 e. The highest BCUT2D eigenvalue weighted by atomic mass is 127. The van der Waals surface area contributed by atoms with Gasteiger partial charge >= 0.3 is 0 Å². The van der Waals surface area contributed by atoms with Gasteiger partial charge in [0.25, 0.3) is 0 Å². The van der Waals surface area contributed by atoms with Gasteiger partial charge in [-0.1, -0.05) is 56.3 Å². The fraction of sp³-hybridized carbons (Fsp3) is 0.500. The molecule has 0 aliphatic carbocycles. The SMILES string of the molecule is CN=C(NCCOCc1ccccc1)NCc1noc(C(C)(C)C)n1.I. The van der Waals surface area contributed by atoms with Crippen molar-refractivity contribution in [3.63, 3.8) is 0 Å². The van der Waals surface area contributed by atoms with E-state index in [-0.39, 0.29) is 29.4 Å². The van der Waals surface area contributed by atoms with Crippen molar-refractivity contribution in [2.24, 2.45) is 4.99 Å². The predicted molar refractivity (Wildman–Crippen MR) is 113 cm³/mol. The van der Waals surface area contributed by atoms with Crippen molar-refractivity contribution in [3.05, 3.63) is 47.6 Å².